The topological polar surface area (TPSA) is 35.5 Å². The first kappa shape index (κ1) is 14.1. The molecule has 2 aromatic carbocycles. The molecule has 2 aromatic rings. The van der Waals surface area contributed by atoms with E-state index in [0.717, 1.165) is 11.1 Å². The summed E-state index contributed by atoms with van der Waals surface area (Å²) in [6, 6.07) is 9.90. The quantitative estimate of drug-likeness (QED) is 0.782. The number of rotatable bonds is 5. The number of aldehydes is 1. The van der Waals surface area contributed by atoms with Gasteiger partial charge in [-0.15, -0.1) is 0 Å². The molecule has 20 heavy (non-hydrogen) atoms. The Labute approximate surface area is 117 Å². The summed E-state index contributed by atoms with van der Waals surface area (Å²) < 4.78 is 24.4. The molecule has 0 heterocycles. The van der Waals surface area contributed by atoms with Crippen LogP contribution in [0.1, 0.15) is 21.5 Å². The zero-order valence-corrected chi connectivity index (χ0v) is 11.4. The zero-order chi connectivity index (χ0) is 14.5. The van der Waals surface area contributed by atoms with E-state index >= 15 is 0 Å². The first-order valence-electron chi connectivity index (χ1n) is 6.15. The summed E-state index contributed by atoms with van der Waals surface area (Å²) in [5, 5.41) is 0. The highest BCUT2D eigenvalue weighted by atomic mass is 19.1. The molecule has 0 saturated heterocycles. The third kappa shape index (κ3) is 2.96. The van der Waals surface area contributed by atoms with Gasteiger partial charge in [0.25, 0.3) is 0 Å². The van der Waals surface area contributed by atoms with Gasteiger partial charge in [0.2, 0.25) is 0 Å². The number of benzene rings is 2. The van der Waals surface area contributed by atoms with Crippen LogP contribution in [0.15, 0.2) is 36.4 Å². The monoisotopic (exact) mass is 274 g/mol. The molecule has 0 N–H and O–H groups in total. The zero-order valence-electron chi connectivity index (χ0n) is 11.4. The average molecular weight is 274 g/mol. The maximum atomic E-state index is 13.7. The van der Waals surface area contributed by atoms with Gasteiger partial charge in [-0.2, -0.15) is 0 Å². The molecular formula is C16H15FO3. The average Bonchev–Trinajstić information content (AvgIpc) is 2.46. The Bertz CT molecular complexity index is 623. The SMILES string of the molecule is COc1ccc(C)cc1COc1c(F)cccc1C=O. The maximum absolute atomic E-state index is 13.7. The molecule has 0 bridgehead atoms. The van der Waals surface area contributed by atoms with Crippen molar-refractivity contribution in [3.05, 3.63) is 58.9 Å². The summed E-state index contributed by atoms with van der Waals surface area (Å²) in [7, 11) is 1.56. The Hall–Kier alpha value is -2.36. The molecular weight excluding hydrogens is 259 g/mol. The Morgan fingerprint density at radius 2 is 2.05 bits per heavy atom. The van der Waals surface area contributed by atoms with Crippen molar-refractivity contribution in [2.75, 3.05) is 7.11 Å². The van der Waals surface area contributed by atoms with E-state index in [1.165, 1.54) is 18.2 Å². The van der Waals surface area contributed by atoms with E-state index in [-0.39, 0.29) is 17.9 Å². The van der Waals surface area contributed by atoms with Crippen molar-refractivity contribution < 1.29 is 18.7 Å². The highest BCUT2D eigenvalue weighted by Gasteiger charge is 2.11. The van der Waals surface area contributed by atoms with E-state index in [0.29, 0.717) is 12.0 Å². The van der Waals surface area contributed by atoms with Crippen LogP contribution in [0, 0.1) is 12.7 Å². The number of methoxy groups -OCH3 is 1. The Balaban J connectivity index is 2.25. The van der Waals surface area contributed by atoms with Crippen molar-refractivity contribution in [1.82, 2.24) is 0 Å². The van der Waals surface area contributed by atoms with Crippen LogP contribution < -0.4 is 9.47 Å². The molecule has 0 aliphatic heterocycles. The van der Waals surface area contributed by atoms with Crippen LogP contribution in [-0.2, 0) is 6.61 Å². The van der Waals surface area contributed by atoms with Crippen LogP contribution in [0.3, 0.4) is 0 Å². The number of hydrogen-bond acceptors (Lipinski definition) is 3. The van der Waals surface area contributed by atoms with Gasteiger partial charge in [-0.05, 0) is 31.2 Å². The molecule has 0 radical (unpaired) electrons. The number of para-hydroxylation sites is 1. The second-order valence-corrected chi connectivity index (χ2v) is 4.38. The second kappa shape index (κ2) is 6.19. The maximum Gasteiger partial charge on any atom is 0.165 e. The van der Waals surface area contributed by atoms with Crippen molar-refractivity contribution in [1.29, 1.82) is 0 Å². The molecule has 0 saturated carbocycles. The van der Waals surface area contributed by atoms with Crippen LogP contribution in [0.5, 0.6) is 11.5 Å². The molecule has 0 amide bonds. The number of carbonyl (C=O) groups excluding carboxylic acids is 1. The third-order valence-electron chi connectivity index (χ3n) is 2.93. The van der Waals surface area contributed by atoms with Gasteiger partial charge >= 0.3 is 0 Å². The third-order valence-corrected chi connectivity index (χ3v) is 2.93. The van der Waals surface area contributed by atoms with Crippen molar-refractivity contribution in [2.45, 2.75) is 13.5 Å². The van der Waals surface area contributed by atoms with Gasteiger partial charge in [0.15, 0.2) is 17.9 Å². The molecule has 104 valence electrons. The smallest absolute Gasteiger partial charge is 0.165 e. The van der Waals surface area contributed by atoms with Crippen molar-refractivity contribution in [3.8, 4) is 11.5 Å². The van der Waals surface area contributed by atoms with E-state index in [4.69, 9.17) is 9.47 Å². The predicted octanol–water partition coefficient (Wildman–Crippen LogP) is 3.53. The summed E-state index contributed by atoms with van der Waals surface area (Å²) in [5.41, 5.74) is 2.04. The van der Waals surface area contributed by atoms with Crippen molar-refractivity contribution in [2.24, 2.45) is 0 Å². The minimum atomic E-state index is -0.554. The minimum absolute atomic E-state index is 0.0361. The van der Waals surface area contributed by atoms with E-state index in [2.05, 4.69) is 0 Å². The molecule has 3 nitrogen and oxygen atoms in total. The van der Waals surface area contributed by atoms with Crippen LogP contribution in [0.2, 0.25) is 0 Å². The lowest BCUT2D eigenvalue weighted by atomic mass is 10.1. The normalized spacial score (nSPS) is 10.2. The molecule has 0 fully saturated rings. The number of halogens is 1. The largest absolute Gasteiger partial charge is 0.496 e. The first-order valence-corrected chi connectivity index (χ1v) is 6.15. The van der Waals surface area contributed by atoms with Gasteiger partial charge in [-0.1, -0.05) is 17.7 Å². The Morgan fingerprint density at radius 1 is 1.25 bits per heavy atom. The standard InChI is InChI=1S/C16H15FO3/c1-11-6-7-15(19-2)13(8-11)10-20-16-12(9-18)4-3-5-14(16)17/h3-9H,10H2,1-2H3. The molecule has 0 aliphatic rings. The van der Waals surface area contributed by atoms with E-state index in [9.17, 15) is 9.18 Å². The van der Waals surface area contributed by atoms with Gasteiger partial charge in [0.1, 0.15) is 12.4 Å². The Kier molecular flexibility index (Phi) is 4.35. The van der Waals surface area contributed by atoms with Gasteiger partial charge in [0, 0.05) is 5.56 Å². The lowest BCUT2D eigenvalue weighted by molar-refractivity contribution is 0.111. The lowest BCUT2D eigenvalue weighted by Gasteiger charge is -2.12. The summed E-state index contributed by atoms with van der Waals surface area (Å²) in [6.45, 7) is 2.08. The number of aryl methyl sites for hydroxylation is 1. The van der Waals surface area contributed by atoms with Gasteiger partial charge < -0.3 is 9.47 Å². The lowest BCUT2D eigenvalue weighted by Crippen LogP contribution is -2.02. The minimum Gasteiger partial charge on any atom is -0.496 e. The van der Waals surface area contributed by atoms with E-state index in [1.54, 1.807) is 7.11 Å². The predicted molar refractivity (Wildman–Crippen MR) is 73.9 cm³/mol. The molecule has 2 rings (SSSR count). The fraction of sp³-hybridized carbons (Fsp3) is 0.188. The number of ether oxygens (including phenoxy) is 2. The van der Waals surface area contributed by atoms with Gasteiger partial charge in [-0.3, -0.25) is 4.79 Å². The highest BCUT2D eigenvalue weighted by molar-refractivity contribution is 5.79. The summed E-state index contributed by atoms with van der Waals surface area (Å²) >= 11 is 0. The van der Waals surface area contributed by atoms with Gasteiger partial charge in [0.05, 0.1) is 12.7 Å². The highest BCUT2D eigenvalue weighted by Crippen LogP contribution is 2.25. The van der Waals surface area contributed by atoms with Crippen molar-refractivity contribution in [3.63, 3.8) is 0 Å². The van der Waals surface area contributed by atoms with Crippen LogP contribution in [0.25, 0.3) is 0 Å². The molecule has 0 aromatic heterocycles. The second-order valence-electron chi connectivity index (χ2n) is 4.38. The molecule has 4 heteroatoms. The summed E-state index contributed by atoms with van der Waals surface area (Å²) in [4.78, 5) is 10.9. The van der Waals surface area contributed by atoms with Gasteiger partial charge in [-0.25, -0.2) is 4.39 Å². The van der Waals surface area contributed by atoms with E-state index < -0.39 is 5.82 Å². The summed E-state index contributed by atoms with van der Waals surface area (Å²) in [6.07, 6.45) is 0.575. The van der Waals surface area contributed by atoms with Crippen LogP contribution in [0.4, 0.5) is 4.39 Å². The van der Waals surface area contributed by atoms with Crippen LogP contribution >= 0.6 is 0 Å². The molecule has 0 spiro atoms. The molecule has 0 aliphatic carbocycles. The van der Waals surface area contributed by atoms with Crippen LogP contribution in [-0.4, -0.2) is 13.4 Å². The number of hydrogen-bond donors (Lipinski definition) is 0. The van der Waals surface area contributed by atoms with E-state index in [1.807, 2.05) is 25.1 Å². The fourth-order valence-electron chi connectivity index (χ4n) is 1.94. The fourth-order valence-corrected chi connectivity index (χ4v) is 1.94. The number of carbonyl (C=O) groups is 1. The molecule has 0 unspecified atom stereocenters. The Morgan fingerprint density at radius 3 is 2.75 bits per heavy atom. The van der Waals surface area contributed by atoms with Crippen molar-refractivity contribution >= 4 is 6.29 Å². The first-order chi connectivity index (χ1) is 9.65. The summed E-state index contributed by atoms with van der Waals surface area (Å²) in [5.74, 6) is 0.0758. The molecule has 0 atom stereocenters.